The molecule has 1 aromatic rings. The molecule has 0 saturated carbocycles. The van der Waals surface area contributed by atoms with Gasteiger partial charge in [-0.25, -0.2) is 9.18 Å². The number of carbonyl (C=O) groups is 1. The van der Waals surface area contributed by atoms with Gasteiger partial charge in [-0.15, -0.1) is 0 Å². The Labute approximate surface area is 103 Å². The van der Waals surface area contributed by atoms with Gasteiger partial charge in [-0.2, -0.15) is 0 Å². The van der Waals surface area contributed by atoms with Crippen LogP contribution in [0.5, 0.6) is 0 Å². The quantitative estimate of drug-likeness (QED) is 0.658. The highest BCUT2D eigenvalue weighted by atomic mass is 79.9. The lowest BCUT2D eigenvalue weighted by molar-refractivity contribution is -0.402. The molecule has 0 aliphatic carbocycles. The lowest BCUT2D eigenvalue weighted by atomic mass is 10.1. The monoisotopic (exact) mass is 304 g/mol. The molecule has 0 aromatic heterocycles. The second-order valence-electron chi connectivity index (χ2n) is 2.83. The van der Waals surface area contributed by atoms with E-state index in [1.807, 2.05) is 0 Å². The molecule has 90 valence electrons. The zero-order valence-electron chi connectivity index (χ0n) is 8.18. The van der Waals surface area contributed by atoms with E-state index in [9.17, 15) is 19.3 Å². The van der Waals surface area contributed by atoms with E-state index in [0.29, 0.717) is 6.20 Å². The molecule has 1 rings (SSSR count). The first-order valence-corrected chi connectivity index (χ1v) is 5.00. The molecule has 0 atom stereocenters. The molecule has 2 N–H and O–H groups in total. The molecule has 6 nitrogen and oxygen atoms in total. The summed E-state index contributed by atoms with van der Waals surface area (Å²) in [5.41, 5.74) is -0.663. The summed E-state index contributed by atoms with van der Waals surface area (Å²) in [6.45, 7) is 0. The number of nitrogens with one attached hydrogen (secondary N) is 1. The Kier molecular flexibility index (Phi) is 4.16. The molecule has 1 aromatic carbocycles. The van der Waals surface area contributed by atoms with Crippen LogP contribution in [0.15, 0.2) is 29.0 Å². The Hall–Kier alpha value is -1.96. The van der Waals surface area contributed by atoms with Crippen molar-refractivity contribution in [3.8, 4) is 0 Å². The zero-order chi connectivity index (χ0) is 13.0. The molecule has 0 heterocycles. The standard InChI is InChI=1S/C9H6BrFN2O4/c10-5-1-2-6(12-3-4-13(16)17)7(8(5)11)9(14)15/h1-4,12H,(H,14,15)/b4-3+. The summed E-state index contributed by atoms with van der Waals surface area (Å²) in [4.78, 5) is 20.1. The van der Waals surface area contributed by atoms with Crippen LogP contribution in [-0.2, 0) is 0 Å². The van der Waals surface area contributed by atoms with E-state index >= 15 is 0 Å². The smallest absolute Gasteiger partial charge is 0.340 e. The summed E-state index contributed by atoms with van der Waals surface area (Å²) in [5, 5.41) is 21.2. The number of anilines is 1. The molecule has 0 aliphatic rings. The molecule has 0 aliphatic heterocycles. The van der Waals surface area contributed by atoms with Crippen LogP contribution in [-0.4, -0.2) is 16.0 Å². The number of benzene rings is 1. The van der Waals surface area contributed by atoms with Gasteiger partial charge in [0.2, 0.25) is 6.20 Å². The summed E-state index contributed by atoms with van der Waals surface area (Å²) in [6.07, 6.45) is 1.49. The van der Waals surface area contributed by atoms with E-state index in [1.165, 1.54) is 12.1 Å². The van der Waals surface area contributed by atoms with Gasteiger partial charge in [0.05, 0.1) is 21.3 Å². The number of halogens is 2. The van der Waals surface area contributed by atoms with Gasteiger partial charge in [0.15, 0.2) is 5.82 Å². The van der Waals surface area contributed by atoms with Crippen LogP contribution in [0.25, 0.3) is 0 Å². The average molecular weight is 305 g/mol. The van der Waals surface area contributed by atoms with Gasteiger partial charge in [0.1, 0.15) is 5.56 Å². The van der Waals surface area contributed by atoms with Crippen molar-refractivity contribution in [1.29, 1.82) is 0 Å². The lowest BCUT2D eigenvalue weighted by Crippen LogP contribution is -2.06. The summed E-state index contributed by atoms with van der Waals surface area (Å²) in [5.74, 6) is -2.42. The SMILES string of the molecule is O=C(O)c1c(N/C=C/[N+](=O)[O-])ccc(Br)c1F. The average Bonchev–Trinajstić information content (AvgIpc) is 2.22. The van der Waals surface area contributed by atoms with Gasteiger partial charge in [-0.3, -0.25) is 10.1 Å². The Morgan fingerprint density at radius 2 is 2.24 bits per heavy atom. The fourth-order valence-corrected chi connectivity index (χ4v) is 1.40. The van der Waals surface area contributed by atoms with E-state index in [1.54, 1.807) is 0 Å². The molecule has 0 amide bonds. The second kappa shape index (κ2) is 5.39. The van der Waals surface area contributed by atoms with Crippen molar-refractivity contribution in [2.75, 3.05) is 5.32 Å². The fraction of sp³-hybridized carbons (Fsp3) is 0. The van der Waals surface area contributed by atoms with Crippen LogP contribution >= 0.6 is 15.9 Å². The molecule has 0 fully saturated rings. The maximum absolute atomic E-state index is 13.5. The van der Waals surface area contributed by atoms with Crippen LogP contribution < -0.4 is 5.32 Å². The Balaban J connectivity index is 3.12. The van der Waals surface area contributed by atoms with Gasteiger partial charge in [-0.1, -0.05) is 0 Å². The minimum atomic E-state index is -1.47. The molecule has 0 saturated heterocycles. The number of aromatic carboxylic acids is 1. The van der Waals surface area contributed by atoms with Crippen molar-refractivity contribution in [2.24, 2.45) is 0 Å². The highest BCUT2D eigenvalue weighted by molar-refractivity contribution is 9.10. The normalized spacial score (nSPS) is 10.5. The Morgan fingerprint density at radius 3 is 2.76 bits per heavy atom. The molecule has 0 radical (unpaired) electrons. The van der Waals surface area contributed by atoms with E-state index < -0.39 is 22.3 Å². The third-order valence-corrected chi connectivity index (χ3v) is 2.36. The molecule has 0 unspecified atom stereocenters. The van der Waals surface area contributed by atoms with Crippen molar-refractivity contribution >= 4 is 27.6 Å². The maximum Gasteiger partial charge on any atom is 0.340 e. The first kappa shape index (κ1) is 13.1. The number of nitro groups is 1. The lowest BCUT2D eigenvalue weighted by Gasteiger charge is -2.07. The van der Waals surface area contributed by atoms with Crippen LogP contribution in [0.1, 0.15) is 10.4 Å². The van der Waals surface area contributed by atoms with Gasteiger partial charge < -0.3 is 10.4 Å². The predicted octanol–water partition coefficient (Wildman–Crippen LogP) is 2.45. The Morgan fingerprint density at radius 1 is 1.59 bits per heavy atom. The number of nitrogens with zero attached hydrogens (tertiary/aromatic N) is 1. The number of carboxylic acids is 1. The summed E-state index contributed by atoms with van der Waals surface area (Å²) < 4.78 is 13.5. The van der Waals surface area contributed by atoms with Crippen LogP contribution in [0.4, 0.5) is 10.1 Å². The van der Waals surface area contributed by atoms with Crippen molar-refractivity contribution in [1.82, 2.24) is 0 Å². The van der Waals surface area contributed by atoms with E-state index in [-0.39, 0.29) is 10.2 Å². The largest absolute Gasteiger partial charge is 0.478 e. The summed E-state index contributed by atoms with van der Waals surface area (Å²) >= 11 is 2.85. The van der Waals surface area contributed by atoms with Crippen molar-refractivity contribution in [2.45, 2.75) is 0 Å². The fourth-order valence-electron chi connectivity index (χ4n) is 1.07. The van der Waals surface area contributed by atoms with Gasteiger partial charge in [-0.05, 0) is 28.1 Å². The van der Waals surface area contributed by atoms with Crippen molar-refractivity contribution < 1.29 is 19.2 Å². The van der Waals surface area contributed by atoms with Crippen LogP contribution in [0.2, 0.25) is 0 Å². The third-order valence-electron chi connectivity index (χ3n) is 1.74. The summed E-state index contributed by atoms with van der Waals surface area (Å²) in [6, 6.07) is 2.59. The van der Waals surface area contributed by atoms with Crippen LogP contribution in [0, 0.1) is 15.9 Å². The molecule has 0 bridgehead atoms. The third kappa shape index (κ3) is 3.25. The number of rotatable bonds is 4. The maximum atomic E-state index is 13.5. The first-order chi connectivity index (χ1) is 7.93. The topological polar surface area (TPSA) is 92.5 Å². The number of hydrogen-bond acceptors (Lipinski definition) is 4. The van der Waals surface area contributed by atoms with E-state index in [0.717, 1.165) is 6.20 Å². The minimum Gasteiger partial charge on any atom is -0.478 e. The molecular formula is C9H6BrFN2O4. The zero-order valence-corrected chi connectivity index (χ0v) is 9.77. The van der Waals surface area contributed by atoms with E-state index in [4.69, 9.17) is 5.11 Å². The molecule has 0 spiro atoms. The summed E-state index contributed by atoms with van der Waals surface area (Å²) in [7, 11) is 0. The second-order valence-corrected chi connectivity index (χ2v) is 3.69. The molecule has 8 heteroatoms. The van der Waals surface area contributed by atoms with Crippen molar-refractivity contribution in [3.63, 3.8) is 0 Å². The first-order valence-electron chi connectivity index (χ1n) is 4.21. The minimum absolute atomic E-state index is 0.00120. The van der Waals surface area contributed by atoms with Crippen molar-refractivity contribution in [3.05, 3.63) is 50.5 Å². The number of carboxylic acid groups (broad SMARTS) is 1. The predicted molar refractivity (Wildman–Crippen MR) is 60.8 cm³/mol. The van der Waals surface area contributed by atoms with Gasteiger partial charge in [0, 0.05) is 0 Å². The highest BCUT2D eigenvalue weighted by Crippen LogP contribution is 2.26. The molecular weight excluding hydrogens is 299 g/mol. The number of hydrogen-bond donors (Lipinski definition) is 2. The van der Waals surface area contributed by atoms with Crippen LogP contribution in [0.3, 0.4) is 0 Å². The Bertz CT molecular complexity index is 504. The molecule has 17 heavy (non-hydrogen) atoms. The van der Waals surface area contributed by atoms with Gasteiger partial charge in [0.25, 0.3) is 0 Å². The highest BCUT2D eigenvalue weighted by Gasteiger charge is 2.18. The van der Waals surface area contributed by atoms with Gasteiger partial charge >= 0.3 is 5.97 Å². The van der Waals surface area contributed by atoms with E-state index in [2.05, 4.69) is 21.2 Å².